The molecule has 2 aromatic carbocycles. The number of nitrogens with one attached hydrogen (secondary N) is 1. The number of hydrogen-bond acceptors (Lipinski definition) is 7. The summed E-state index contributed by atoms with van der Waals surface area (Å²) in [4.78, 5) is 29.2. The number of fused-ring (bicyclic) bond motifs is 2. The van der Waals surface area contributed by atoms with Crippen LogP contribution < -0.4 is 10.9 Å². The third-order valence-corrected chi connectivity index (χ3v) is 5.11. The molecule has 0 atom stereocenters. The fourth-order valence-electron chi connectivity index (χ4n) is 2.97. The number of thiazole rings is 1. The quantitative estimate of drug-likeness (QED) is 0.494. The number of aromatic nitrogens is 4. The van der Waals surface area contributed by atoms with Crippen molar-refractivity contribution in [1.29, 1.82) is 0 Å². The van der Waals surface area contributed by atoms with Crippen molar-refractivity contribution in [2.45, 2.75) is 6.54 Å². The number of carbonyl (C=O) groups is 1. The summed E-state index contributed by atoms with van der Waals surface area (Å²) in [5.74, 6) is 0.210. The van der Waals surface area contributed by atoms with Crippen molar-refractivity contribution in [3.8, 4) is 11.5 Å². The summed E-state index contributed by atoms with van der Waals surface area (Å²) in [5.41, 5.74) is 1.52. The minimum atomic E-state index is -0.415. The van der Waals surface area contributed by atoms with Gasteiger partial charge in [0.05, 0.1) is 5.39 Å². The maximum Gasteiger partial charge on any atom is 0.278 e. The van der Waals surface area contributed by atoms with E-state index in [1.54, 1.807) is 29.6 Å². The Balaban J connectivity index is 1.34. The first-order valence-electron chi connectivity index (χ1n) is 8.74. The smallest absolute Gasteiger partial charge is 0.278 e. The Labute approximate surface area is 167 Å². The van der Waals surface area contributed by atoms with E-state index in [-0.39, 0.29) is 12.1 Å². The van der Waals surface area contributed by atoms with Crippen LogP contribution in [0.5, 0.6) is 0 Å². The second-order valence-corrected chi connectivity index (χ2v) is 7.16. The van der Waals surface area contributed by atoms with Crippen molar-refractivity contribution in [2.24, 2.45) is 0 Å². The molecule has 0 spiro atoms. The fraction of sp³-hybridized carbons (Fsp3) is 0.0500. The molecule has 3 heterocycles. The Kier molecular flexibility index (Phi) is 4.14. The number of nitrogens with zero attached hydrogens (tertiary/aromatic N) is 4. The standard InChI is InChI=1S/C20H13N5O3S/c26-18(10-25-19(27)13-6-2-3-7-14(13)23-24-25)22-20-21-15(11-29-20)17-9-12-5-1-4-8-16(12)28-17/h1-9,11H,10H2,(H,21,22,26). The Morgan fingerprint density at radius 2 is 1.97 bits per heavy atom. The van der Waals surface area contributed by atoms with Gasteiger partial charge >= 0.3 is 0 Å². The molecule has 5 rings (SSSR count). The normalized spacial score (nSPS) is 11.2. The lowest BCUT2D eigenvalue weighted by Gasteiger charge is -2.04. The van der Waals surface area contributed by atoms with Crippen molar-refractivity contribution in [1.82, 2.24) is 20.0 Å². The Morgan fingerprint density at radius 3 is 2.86 bits per heavy atom. The number of para-hydroxylation sites is 1. The van der Waals surface area contributed by atoms with E-state index in [1.165, 1.54) is 11.3 Å². The van der Waals surface area contributed by atoms with Gasteiger partial charge in [0.2, 0.25) is 5.91 Å². The van der Waals surface area contributed by atoms with E-state index >= 15 is 0 Å². The van der Waals surface area contributed by atoms with Crippen LogP contribution in [0.25, 0.3) is 33.3 Å². The lowest BCUT2D eigenvalue weighted by molar-refractivity contribution is -0.117. The molecule has 0 bridgehead atoms. The summed E-state index contributed by atoms with van der Waals surface area (Å²) in [6.07, 6.45) is 0. The molecule has 0 radical (unpaired) electrons. The van der Waals surface area contributed by atoms with E-state index < -0.39 is 5.91 Å². The molecule has 8 nitrogen and oxygen atoms in total. The van der Waals surface area contributed by atoms with Crippen molar-refractivity contribution in [3.05, 3.63) is 70.3 Å². The number of anilines is 1. The number of carbonyl (C=O) groups excluding carboxylic acids is 1. The van der Waals surface area contributed by atoms with Crippen LogP contribution in [-0.2, 0) is 11.3 Å². The van der Waals surface area contributed by atoms with Gasteiger partial charge in [-0.3, -0.25) is 9.59 Å². The highest BCUT2D eigenvalue weighted by molar-refractivity contribution is 7.14. The Hall–Kier alpha value is -3.85. The molecule has 5 aromatic rings. The summed E-state index contributed by atoms with van der Waals surface area (Å²) < 4.78 is 6.83. The molecule has 1 N–H and O–H groups in total. The van der Waals surface area contributed by atoms with Crippen LogP contribution in [0.4, 0.5) is 5.13 Å². The summed E-state index contributed by atoms with van der Waals surface area (Å²) >= 11 is 1.27. The molecule has 0 aliphatic heterocycles. The summed E-state index contributed by atoms with van der Waals surface area (Å²) in [7, 11) is 0. The van der Waals surface area contributed by atoms with Crippen LogP contribution in [0.3, 0.4) is 0 Å². The van der Waals surface area contributed by atoms with Crippen molar-refractivity contribution >= 4 is 44.2 Å². The molecule has 9 heteroatoms. The third kappa shape index (κ3) is 3.27. The maximum atomic E-state index is 12.4. The zero-order valence-corrected chi connectivity index (χ0v) is 15.7. The average molecular weight is 403 g/mol. The lowest BCUT2D eigenvalue weighted by Crippen LogP contribution is -2.30. The van der Waals surface area contributed by atoms with Crippen molar-refractivity contribution in [2.75, 3.05) is 5.32 Å². The van der Waals surface area contributed by atoms with Gasteiger partial charge in [-0.15, -0.1) is 16.4 Å². The van der Waals surface area contributed by atoms with Crippen LogP contribution in [0, 0.1) is 0 Å². The average Bonchev–Trinajstić information content (AvgIpc) is 3.37. The van der Waals surface area contributed by atoms with Crippen molar-refractivity contribution in [3.63, 3.8) is 0 Å². The predicted octanol–water partition coefficient (Wildman–Crippen LogP) is 3.30. The van der Waals surface area contributed by atoms with Crippen LogP contribution in [0.1, 0.15) is 0 Å². The zero-order valence-electron chi connectivity index (χ0n) is 14.9. The SMILES string of the molecule is O=C(Cn1nnc2ccccc2c1=O)Nc1nc(-c2cc3ccccc3o2)cs1. The number of hydrogen-bond donors (Lipinski definition) is 1. The maximum absolute atomic E-state index is 12.4. The number of rotatable bonds is 4. The minimum absolute atomic E-state index is 0.254. The topological polar surface area (TPSA) is 103 Å². The molecule has 142 valence electrons. The highest BCUT2D eigenvalue weighted by atomic mass is 32.1. The van der Waals surface area contributed by atoms with Gasteiger partial charge in [-0.1, -0.05) is 35.5 Å². The van der Waals surface area contributed by atoms with Gasteiger partial charge in [0.1, 0.15) is 23.3 Å². The zero-order chi connectivity index (χ0) is 19.8. The molecule has 1 amide bonds. The number of furan rings is 1. The van der Waals surface area contributed by atoms with Gasteiger partial charge < -0.3 is 9.73 Å². The number of amides is 1. The molecule has 0 aliphatic rings. The molecule has 0 saturated heterocycles. The largest absolute Gasteiger partial charge is 0.454 e. The molecular formula is C20H13N5O3S. The fourth-order valence-corrected chi connectivity index (χ4v) is 3.69. The summed E-state index contributed by atoms with van der Waals surface area (Å²) in [5, 5.41) is 14.1. The second kappa shape index (κ2) is 6.95. The van der Waals surface area contributed by atoms with Crippen LogP contribution in [-0.4, -0.2) is 25.9 Å². The van der Waals surface area contributed by atoms with E-state index in [9.17, 15) is 9.59 Å². The minimum Gasteiger partial charge on any atom is -0.454 e. The monoisotopic (exact) mass is 403 g/mol. The Morgan fingerprint density at radius 1 is 1.14 bits per heavy atom. The van der Waals surface area contributed by atoms with Crippen LogP contribution in [0.2, 0.25) is 0 Å². The molecule has 3 aromatic heterocycles. The van der Waals surface area contributed by atoms with E-state index in [1.807, 2.05) is 30.3 Å². The molecule has 29 heavy (non-hydrogen) atoms. The van der Waals surface area contributed by atoms with Crippen molar-refractivity contribution < 1.29 is 9.21 Å². The third-order valence-electron chi connectivity index (χ3n) is 4.35. The van der Waals surface area contributed by atoms with E-state index in [4.69, 9.17) is 4.42 Å². The van der Waals surface area contributed by atoms with Gasteiger partial charge in [0.15, 0.2) is 10.9 Å². The highest BCUT2D eigenvalue weighted by Gasteiger charge is 2.14. The van der Waals surface area contributed by atoms with Gasteiger partial charge in [-0.25, -0.2) is 9.67 Å². The van der Waals surface area contributed by atoms with Crippen LogP contribution in [0.15, 0.2) is 69.2 Å². The van der Waals surface area contributed by atoms with Gasteiger partial charge in [0, 0.05) is 10.8 Å². The molecule has 0 aliphatic carbocycles. The van der Waals surface area contributed by atoms with Gasteiger partial charge in [-0.2, -0.15) is 0 Å². The number of benzene rings is 2. The molecule has 0 saturated carbocycles. The van der Waals surface area contributed by atoms with E-state index in [2.05, 4.69) is 20.6 Å². The van der Waals surface area contributed by atoms with E-state index in [0.717, 1.165) is 15.7 Å². The highest BCUT2D eigenvalue weighted by Crippen LogP contribution is 2.30. The van der Waals surface area contributed by atoms with Crippen LogP contribution >= 0.6 is 11.3 Å². The first-order chi connectivity index (χ1) is 14.2. The first-order valence-corrected chi connectivity index (χ1v) is 9.62. The van der Waals surface area contributed by atoms with E-state index in [0.29, 0.717) is 27.5 Å². The lowest BCUT2D eigenvalue weighted by atomic mass is 10.2. The molecule has 0 unspecified atom stereocenters. The predicted molar refractivity (Wildman–Crippen MR) is 110 cm³/mol. The molecular weight excluding hydrogens is 390 g/mol. The summed E-state index contributed by atoms with van der Waals surface area (Å²) in [6, 6.07) is 16.5. The summed E-state index contributed by atoms with van der Waals surface area (Å²) in [6.45, 7) is -0.254. The second-order valence-electron chi connectivity index (χ2n) is 6.30. The Bertz CT molecular complexity index is 1390. The molecule has 0 fully saturated rings. The first kappa shape index (κ1) is 17.3. The van der Waals surface area contributed by atoms with Gasteiger partial charge in [0.25, 0.3) is 5.56 Å². The van der Waals surface area contributed by atoms with Gasteiger partial charge in [-0.05, 0) is 24.3 Å².